The lowest BCUT2D eigenvalue weighted by molar-refractivity contribution is 1.08. The highest BCUT2D eigenvalue weighted by Crippen LogP contribution is 1.94. The second-order valence-electron chi connectivity index (χ2n) is 1.70. The average Bonchev–Trinajstić information content (AvgIpc) is 1.87. The van der Waals surface area contributed by atoms with Crippen LogP contribution in [0.2, 0.25) is 0 Å². The van der Waals surface area contributed by atoms with E-state index in [0.717, 1.165) is 0 Å². The molecule has 7 heavy (non-hydrogen) atoms. The highest BCUT2D eigenvalue weighted by molar-refractivity contribution is 5.07. The number of hydrogen-bond donors (Lipinski definition) is 0. The van der Waals surface area contributed by atoms with Crippen LogP contribution in [0.15, 0.2) is 18.5 Å². The van der Waals surface area contributed by atoms with Gasteiger partial charge in [-0.1, -0.05) is 13.1 Å². The van der Waals surface area contributed by atoms with Gasteiger partial charge >= 0.3 is 0 Å². The molecule has 0 fully saturated rings. The lowest BCUT2D eigenvalue weighted by Gasteiger charge is -1.93. The maximum atomic E-state index is 3.66. The molecule has 0 aliphatic carbocycles. The predicted octanol–water partition coefficient (Wildman–Crippen LogP) is 1.44. The molecule has 0 aromatic carbocycles. The highest BCUT2D eigenvalue weighted by Gasteiger charge is 1.71. The second kappa shape index (κ2) is 1.34. The van der Waals surface area contributed by atoms with Gasteiger partial charge in [0.25, 0.3) is 0 Å². The Morgan fingerprint density at radius 3 is 2.57 bits per heavy atom. The third-order valence-corrected chi connectivity index (χ3v) is 0.898. The van der Waals surface area contributed by atoms with E-state index < -0.39 is 0 Å². The van der Waals surface area contributed by atoms with Gasteiger partial charge in [0.05, 0.1) is 0 Å². The minimum atomic E-state index is 1.26. The largest absolute Gasteiger partial charge is 0.493 e. The fraction of sp³-hybridized carbons (Fsp3) is 0.167. The molecule has 38 valence electrons. The van der Waals surface area contributed by atoms with E-state index in [0.29, 0.717) is 0 Å². The van der Waals surface area contributed by atoms with E-state index in [1.807, 2.05) is 25.4 Å². The topological polar surface area (TPSA) is 4.93 Å². The molecule has 1 rings (SSSR count). The summed E-state index contributed by atoms with van der Waals surface area (Å²) in [5, 5.41) is 0. The molecular weight excluding hydrogens is 86.1 g/mol. The number of nitrogens with zero attached hydrogens (tertiary/aromatic N) is 1. The van der Waals surface area contributed by atoms with Crippen molar-refractivity contribution >= 4 is 0 Å². The van der Waals surface area contributed by atoms with Crippen LogP contribution in [0.5, 0.6) is 0 Å². The Labute approximate surface area is 43.6 Å². The van der Waals surface area contributed by atoms with Crippen LogP contribution in [0.4, 0.5) is 0 Å². The van der Waals surface area contributed by atoms with Gasteiger partial charge in [0.2, 0.25) is 0 Å². The summed E-state index contributed by atoms with van der Waals surface area (Å²) in [6.07, 6.45) is 3.90. The van der Waals surface area contributed by atoms with Gasteiger partial charge in [-0.05, 0) is 0 Å². The number of hydrogen-bond acceptors (Lipinski definition) is 0. The Morgan fingerprint density at radius 1 is 1.71 bits per heavy atom. The Balaban J connectivity index is 3.04. The number of aryl methyl sites for hydroxylation is 1. The molecule has 0 unspecified atom stereocenters. The van der Waals surface area contributed by atoms with E-state index in [4.69, 9.17) is 0 Å². The third-order valence-electron chi connectivity index (χ3n) is 0.898. The van der Waals surface area contributed by atoms with Gasteiger partial charge in [0, 0.05) is 0 Å². The monoisotopic (exact) mass is 94.1 g/mol. The van der Waals surface area contributed by atoms with Gasteiger partial charge in [-0.15, -0.1) is 24.9 Å². The zero-order valence-electron chi connectivity index (χ0n) is 4.39. The second-order valence-corrected chi connectivity index (χ2v) is 1.70. The maximum Gasteiger partial charge on any atom is -0.0509 e. The first-order valence-electron chi connectivity index (χ1n) is 2.24. The Morgan fingerprint density at radius 2 is 2.43 bits per heavy atom. The van der Waals surface area contributed by atoms with E-state index in [9.17, 15) is 0 Å². The van der Waals surface area contributed by atoms with E-state index in [-0.39, 0.29) is 0 Å². The van der Waals surface area contributed by atoms with Crippen molar-refractivity contribution < 1.29 is 0 Å². The lowest BCUT2D eigenvalue weighted by atomic mass is 10.4. The normalized spacial score (nSPS) is 9.29. The standard InChI is InChI=1S/C6H8N/c1-6-3-4-7(2)5-6/h3-5H,2H2,1H3/q-1. The molecule has 0 bridgehead atoms. The zero-order valence-corrected chi connectivity index (χ0v) is 4.39. The quantitative estimate of drug-likeness (QED) is 0.429. The van der Waals surface area contributed by atoms with Crippen molar-refractivity contribution in [2.24, 2.45) is 0 Å². The highest BCUT2D eigenvalue weighted by atomic mass is 14.9. The fourth-order valence-corrected chi connectivity index (χ4v) is 0.561. The first-order valence-corrected chi connectivity index (χ1v) is 2.24. The van der Waals surface area contributed by atoms with E-state index in [1.165, 1.54) is 5.56 Å². The van der Waals surface area contributed by atoms with Crippen molar-refractivity contribution in [2.45, 2.75) is 6.92 Å². The van der Waals surface area contributed by atoms with Gasteiger partial charge in [0.1, 0.15) is 0 Å². The van der Waals surface area contributed by atoms with E-state index in [1.54, 1.807) is 4.57 Å². The summed E-state index contributed by atoms with van der Waals surface area (Å²) in [6.45, 7) is 2.04. The summed E-state index contributed by atoms with van der Waals surface area (Å²) in [4.78, 5) is 0. The van der Waals surface area contributed by atoms with Crippen LogP contribution >= 0.6 is 0 Å². The van der Waals surface area contributed by atoms with E-state index in [2.05, 4.69) is 7.05 Å². The predicted molar refractivity (Wildman–Crippen MR) is 29.9 cm³/mol. The molecule has 1 heteroatoms. The Bertz CT molecular complexity index is 136. The van der Waals surface area contributed by atoms with Crippen LogP contribution in [0.25, 0.3) is 0 Å². The van der Waals surface area contributed by atoms with Crippen molar-refractivity contribution in [1.29, 1.82) is 0 Å². The summed E-state index contributed by atoms with van der Waals surface area (Å²) >= 11 is 0. The van der Waals surface area contributed by atoms with Crippen LogP contribution in [-0.4, -0.2) is 4.57 Å². The van der Waals surface area contributed by atoms with Gasteiger partial charge in [-0.25, -0.2) is 0 Å². The number of rotatable bonds is 0. The molecule has 1 nitrogen and oxygen atoms in total. The van der Waals surface area contributed by atoms with Crippen molar-refractivity contribution in [3.8, 4) is 0 Å². The van der Waals surface area contributed by atoms with Crippen molar-refractivity contribution in [2.75, 3.05) is 0 Å². The summed E-state index contributed by atoms with van der Waals surface area (Å²) in [6, 6.07) is 2.02. The first kappa shape index (κ1) is 4.31. The molecule has 0 saturated heterocycles. The minimum Gasteiger partial charge on any atom is -0.493 e. The summed E-state index contributed by atoms with van der Waals surface area (Å²) in [7, 11) is 3.66. The number of aromatic nitrogens is 1. The van der Waals surface area contributed by atoms with Gasteiger partial charge in [-0.2, -0.15) is 0 Å². The van der Waals surface area contributed by atoms with Gasteiger partial charge in [-0.3, -0.25) is 0 Å². The molecule has 1 heterocycles. The Hall–Kier alpha value is -0.850. The van der Waals surface area contributed by atoms with Crippen LogP contribution < -0.4 is 0 Å². The average molecular weight is 94.1 g/mol. The summed E-state index contributed by atoms with van der Waals surface area (Å²) in [5.41, 5.74) is 1.26. The van der Waals surface area contributed by atoms with Crippen LogP contribution in [0, 0.1) is 14.0 Å². The molecular formula is C6H8N-. The molecule has 0 N–H and O–H groups in total. The molecule has 0 spiro atoms. The first-order chi connectivity index (χ1) is 3.29. The molecule has 1 aromatic rings. The molecule has 0 aliphatic rings. The molecule has 0 radical (unpaired) electrons. The van der Waals surface area contributed by atoms with Crippen molar-refractivity contribution in [3.05, 3.63) is 31.1 Å². The third kappa shape index (κ3) is 0.769. The summed E-state index contributed by atoms with van der Waals surface area (Å²) in [5.74, 6) is 0. The van der Waals surface area contributed by atoms with Crippen LogP contribution in [0.1, 0.15) is 5.56 Å². The van der Waals surface area contributed by atoms with Crippen molar-refractivity contribution in [3.63, 3.8) is 0 Å². The molecule has 0 aliphatic heterocycles. The summed E-state index contributed by atoms with van der Waals surface area (Å²) < 4.78 is 1.79. The van der Waals surface area contributed by atoms with E-state index >= 15 is 0 Å². The molecule has 0 saturated carbocycles. The van der Waals surface area contributed by atoms with Crippen LogP contribution in [0.3, 0.4) is 0 Å². The fourth-order valence-electron chi connectivity index (χ4n) is 0.561. The Kier molecular flexibility index (Phi) is 0.823. The lowest BCUT2D eigenvalue weighted by Crippen LogP contribution is -1.72. The van der Waals surface area contributed by atoms with Crippen LogP contribution in [-0.2, 0) is 0 Å². The zero-order chi connectivity index (χ0) is 5.28. The SMILES string of the molecule is [CH2-]n1ccc(C)c1. The van der Waals surface area contributed by atoms with Crippen molar-refractivity contribution in [1.82, 2.24) is 4.57 Å². The minimum absolute atomic E-state index is 1.26. The smallest absolute Gasteiger partial charge is 0.0509 e. The van der Waals surface area contributed by atoms with Gasteiger partial charge < -0.3 is 4.57 Å². The molecule has 1 aromatic heterocycles. The molecule has 0 amide bonds. The maximum absolute atomic E-state index is 3.66. The van der Waals surface area contributed by atoms with Gasteiger partial charge in [0.15, 0.2) is 0 Å². The molecule has 0 atom stereocenters.